The maximum absolute atomic E-state index is 12.7. The highest BCUT2D eigenvalue weighted by atomic mass is 16.2. The lowest BCUT2D eigenvalue weighted by Gasteiger charge is -2.47. The minimum atomic E-state index is 0.0727. The average Bonchev–Trinajstić information content (AvgIpc) is 2.92. The summed E-state index contributed by atoms with van der Waals surface area (Å²) < 4.78 is 0. The predicted molar refractivity (Wildman–Crippen MR) is 76.6 cm³/mol. The number of nitrogens with zero attached hydrogens (tertiary/aromatic N) is 1. The molecule has 1 aliphatic heterocycles. The first-order valence-electron chi connectivity index (χ1n) is 7.94. The van der Waals surface area contributed by atoms with E-state index in [4.69, 9.17) is 0 Å². The van der Waals surface area contributed by atoms with Gasteiger partial charge in [0.25, 0.3) is 0 Å². The normalized spacial score (nSPS) is 44.3. The van der Waals surface area contributed by atoms with Crippen molar-refractivity contribution in [2.45, 2.75) is 71.9 Å². The van der Waals surface area contributed by atoms with Crippen molar-refractivity contribution in [3.63, 3.8) is 0 Å². The van der Waals surface area contributed by atoms with Gasteiger partial charge in [-0.3, -0.25) is 10.1 Å². The van der Waals surface area contributed by atoms with E-state index in [0.717, 1.165) is 25.4 Å². The van der Waals surface area contributed by atoms with Crippen molar-refractivity contribution < 1.29 is 4.79 Å². The first kappa shape index (κ1) is 13.4. The Morgan fingerprint density at radius 2 is 2.11 bits per heavy atom. The van der Waals surface area contributed by atoms with Crippen molar-refractivity contribution in [2.75, 3.05) is 6.67 Å². The minimum Gasteiger partial charge on any atom is -0.324 e. The van der Waals surface area contributed by atoms with E-state index in [1.807, 2.05) is 0 Å². The van der Waals surface area contributed by atoms with Crippen LogP contribution >= 0.6 is 0 Å². The standard InChI is InChI=1S/C16H28N2O/c1-5-6-12-13(19)18(10-17-12)14-15(2,3)11-7-8-16(14,4)9-11/h11-12,14,17H,5-10H2,1-4H3. The summed E-state index contributed by atoms with van der Waals surface area (Å²) in [5.74, 6) is 1.16. The zero-order valence-corrected chi connectivity index (χ0v) is 12.8. The Balaban J connectivity index is 1.85. The van der Waals surface area contributed by atoms with E-state index < -0.39 is 0 Å². The topological polar surface area (TPSA) is 32.3 Å². The number of carbonyl (C=O) groups excluding carboxylic acids is 1. The van der Waals surface area contributed by atoms with Crippen molar-refractivity contribution in [1.29, 1.82) is 0 Å². The summed E-state index contributed by atoms with van der Waals surface area (Å²) in [4.78, 5) is 14.8. The van der Waals surface area contributed by atoms with Gasteiger partial charge in [0, 0.05) is 6.04 Å². The second kappa shape index (κ2) is 4.21. The molecular formula is C16H28N2O. The monoisotopic (exact) mass is 264 g/mol. The molecule has 3 fully saturated rings. The Bertz CT molecular complexity index is 387. The van der Waals surface area contributed by atoms with E-state index in [1.165, 1.54) is 19.3 Å². The summed E-state index contributed by atoms with van der Waals surface area (Å²) in [7, 11) is 0. The summed E-state index contributed by atoms with van der Waals surface area (Å²) in [6.45, 7) is 10.1. The molecule has 2 bridgehead atoms. The number of carbonyl (C=O) groups is 1. The van der Waals surface area contributed by atoms with Gasteiger partial charge in [-0.2, -0.15) is 0 Å². The number of fused-ring (bicyclic) bond motifs is 2. The van der Waals surface area contributed by atoms with Crippen LogP contribution in [0.15, 0.2) is 0 Å². The van der Waals surface area contributed by atoms with Crippen molar-refractivity contribution >= 4 is 5.91 Å². The van der Waals surface area contributed by atoms with Gasteiger partial charge in [0.05, 0.1) is 12.7 Å². The second-order valence-electron chi connectivity index (χ2n) is 7.83. The van der Waals surface area contributed by atoms with Crippen LogP contribution in [-0.2, 0) is 4.79 Å². The third-order valence-corrected chi connectivity index (χ3v) is 6.17. The first-order chi connectivity index (χ1) is 8.90. The van der Waals surface area contributed by atoms with E-state index >= 15 is 0 Å². The molecule has 1 heterocycles. The molecule has 1 amide bonds. The minimum absolute atomic E-state index is 0.0727. The molecule has 0 spiro atoms. The molecule has 3 rings (SSSR count). The molecule has 3 heteroatoms. The molecule has 108 valence electrons. The quantitative estimate of drug-likeness (QED) is 0.850. The lowest BCUT2D eigenvalue weighted by molar-refractivity contribution is -0.136. The van der Waals surface area contributed by atoms with Crippen LogP contribution in [0.5, 0.6) is 0 Å². The van der Waals surface area contributed by atoms with Crippen molar-refractivity contribution in [3.05, 3.63) is 0 Å². The van der Waals surface area contributed by atoms with Crippen LogP contribution in [0.3, 0.4) is 0 Å². The van der Waals surface area contributed by atoms with E-state index in [-0.39, 0.29) is 11.5 Å². The molecule has 0 aromatic carbocycles. The van der Waals surface area contributed by atoms with Gasteiger partial charge < -0.3 is 4.90 Å². The first-order valence-corrected chi connectivity index (χ1v) is 7.94. The molecular weight excluding hydrogens is 236 g/mol. The largest absolute Gasteiger partial charge is 0.324 e. The molecule has 19 heavy (non-hydrogen) atoms. The maximum Gasteiger partial charge on any atom is 0.241 e. The van der Waals surface area contributed by atoms with Crippen molar-refractivity contribution in [3.8, 4) is 0 Å². The summed E-state index contributed by atoms with van der Waals surface area (Å²) in [6.07, 6.45) is 6.02. The molecule has 2 saturated carbocycles. The van der Waals surface area contributed by atoms with Crippen LogP contribution in [0.4, 0.5) is 0 Å². The second-order valence-corrected chi connectivity index (χ2v) is 7.83. The third-order valence-electron chi connectivity index (χ3n) is 6.17. The van der Waals surface area contributed by atoms with Gasteiger partial charge in [-0.1, -0.05) is 34.1 Å². The van der Waals surface area contributed by atoms with Crippen molar-refractivity contribution in [2.24, 2.45) is 16.7 Å². The fourth-order valence-electron chi connectivity index (χ4n) is 5.36. The van der Waals surface area contributed by atoms with Crippen LogP contribution in [0.1, 0.15) is 59.8 Å². The number of nitrogens with one attached hydrogen (secondary N) is 1. The van der Waals surface area contributed by atoms with Gasteiger partial charge in [-0.15, -0.1) is 0 Å². The average molecular weight is 264 g/mol. The fraction of sp³-hybridized carbons (Fsp3) is 0.938. The molecule has 0 aromatic rings. The van der Waals surface area contributed by atoms with Gasteiger partial charge in [0.15, 0.2) is 0 Å². The summed E-state index contributed by atoms with van der Waals surface area (Å²) in [5, 5.41) is 3.43. The molecule has 1 N–H and O–H groups in total. The third kappa shape index (κ3) is 1.77. The molecule has 3 nitrogen and oxygen atoms in total. The Hall–Kier alpha value is -0.570. The van der Waals surface area contributed by atoms with Crippen molar-refractivity contribution in [1.82, 2.24) is 10.2 Å². The highest BCUT2D eigenvalue weighted by Gasteiger charge is 2.62. The van der Waals surface area contributed by atoms with Crippen LogP contribution in [-0.4, -0.2) is 29.6 Å². The Morgan fingerprint density at radius 1 is 1.37 bits per heavy atom. The Morgan fingerprint density at radius 3 is 2.68 bits per heavy atom. The van der Waals surface area contributed by atoms with E-state index in [9.17, 15) is 4.79 Å². The zero-order chi connectivity index (χ0) is 13.8. The number of hydrogen-bond donors (Lipinski definition) is 1. The molecule has 2 aliphatic carbocycles. The van der Waals surface area contributed by atoms with Gasteiger partial charge in [0.1, 0.15) is 0 Å². The lowest BCUT2D eigenvalue weighted by Crippen LogP contribution is -2.53. The summed E-state index contributed by atoms with van der Waals surface area (Å²) >= 11 is 0. The van der Waals surface area contributed by atoms with E-state index in [2.05, 4.69) is 37.9 Å². The number of amides is 1. The maximum atomic E-state index is 12.7. The van der Waals surface area contributed by atoms with Crippen LogP contribution in [0.2, 0.25) is 0 Å². The van der Waals surface area contributed by atoms with E-state index in [1.54, 1.807) is 0 Å². The molecule has 4 unspecified atom stereocenters. The Kier molecular flexibility index (Phi) is 2.97. The summed E-state index contributed by atoms with van der Waals surface area (Å²) in [6, 6.07) is 0.504. The van der Waals surface area contributed by atoms with Crippen LogP contribution in [0.25, 0.3) is 0 Å². The summed E-state index contributed by atoms with van der Waals surface area (Å²) in [5.41, 5.74) is 0.637. The van der Waals surface area contributed by atoms with Gasteiger partial charge >= 0.3 is 0 Å². The van der Waals surface area contributed by atoms with E-state index in [0.29, 0.717) is 17.4 Å². The zero-order valence-electron chi connectivity index (χ0n) is 12.8. The molecule has 0 radical (unpaired) electrons. The number of hydrogen-bond acceptors (Lipinski definition) is 2. The molecule has 3 aliphatic rings. The molecule has 1 saturated heterocycles. The van der Waals surface area contributed by atoms with Gasteiger partial charge in [-0.25, -0.2) is 0 Å². The highest BCUT2D eigenvalue weighted by Crippen LogP contribution is 2.64. The molecule has 0 aromatic heterocycles. The SMILES string of the molecule is CCCC1NCN(C2C3(C)CCC(C3)C2(C)C)C1=O. The van der Waals surface area contributed by atoms with Gasteiger partial charge in [0.2, 0.25) is 5.91 Å². The number of rotatable bonds is 3. The van der Waals surface area contributed by atoms with Crippen LogP contribution < -0.4 is 5.32 Å². The predicted octanol–water partition coefficient (Wildman–Crippen LogP) is 2.76. The Labute approximate surface area is 117 Å². The smallest absolute Gasteiger partial charge is 0.241 e. The lowest BCUT2D eigenvalue weighted by atomic mass is 9.67. The van der Waals surface area contributed by atoms with Crippen LogP contribution in [0, 0.1) is 16.7 Å². The highest BCUT2D eigenvalue weighted by molar-refractivity contribution is 5.84. The molecule has 4 atom stereocenters. The van der Waals surface area contributed by atoms with Gasteiger partial charge in [-0.05, 0) is 42.4 Å². The fourth-order valence-corrected chi connectivity index (χ4v) is 5.36.